The van der Waals surface area contributed by atoms with Crippen molar-refractivity contribution in [3.05, 3.63) is 66.4 Å². The normalized spacial score (nSPS) is 19.0. The summed E-state index contributed by atoms with van der Waals surface area (Å²) in [4.78, 5) is 11.1. The van der Waals surface area contributed by atoms with Crippen molar-refractivity contribution in [2.45, 2.75) is 44.2 Å². The van der Waals surface area contributed by atoms with Crippen molar-refractivity contribution in [3.63, 3.8) is 0 Å². The quantitative estimate of drug-likeness (QED) is 0.427. The van der Waals surface area contributed by atoms with Crippen molar-refractivity contribution in [2.24, 2.45) is 0 Å². The maximum Gasteiger partial charge on any atom is 0.184 e. The smallest absolute Gasteiger partial charge is 0.184 e. The minimum atomic E-state index is -0.286. The molecule has 4 heterocycles. The number of aliphatic hydroxyl groups excluding tert-OH is 1. The van der Waals surface area contributed by atoms with E-state index in [1.165, 1.54) is 5.56 Å². The van der Waals surface area contributed by atoms with Crippen LogP contribution in [0.25, 0.3) is 21.6 Å². The summed E-state index contributed by atoms with van der Waals surface area (Å²) in [6.07, 6.45) is 11.9. The number of hydrogen-bond donors (Lipinski definition) is 2. The summed E-state index contributed by atoms with van der Waals surface area (Å²) >= 11 is 1.65. The summed E-state index contributed by atoms with van der Waals surface area (Å²) in [5.41, 5.74) is 4.93. The lowest BCUT2D eigenvalue weighted by atomic mass is 9.93. The van der Waals surface area contributed by atoms with Gasteiger partial charge in [0.15, 0.2) is 5.13 Å². The Morgan fingerprint density at radius 1 is 1.06 bits per heavy atom. The molecule has 0 radical (unpaired) electrons. The molecule has 1 fully saturated rings. The maximum atomic E-state index is 10.2. The van der Waals surface area contributed by atoms with Crippen LogP contribution in [-0.2, 0) is 6.42 Å². The van der Waals surface area contributed by atoms with Crippen LogP contribution < -0.4 is 5.32 Å². The van der Waals surface area contributed by atoms with Gasteiger partial charge in [-0.25, -0.2) is 9.97 Å². The summed E-state index contributed by atoms with van der Waals surface area (Å²) in [7, 11) is 0. The molecule has 9 heteroatoms. The van der Waals surface area contributed by atoms with Crippen molar-refractivity contribution < 1.29 is 5.11 Å². The van der Waals surface area contributed by atoms with E-state index in [4.69, 9.17) is 9.97 Å². The Balaban J connectivity index is 1.22. The maximum absolute atomic E-state index is 10.2. The molecule has 0 bridgehead atoms. The average molecular weight is 446 g/mol. The number of aromatic nitrogens is 6. The number of benzene rings is 1. The minimum Gasteiger partial charge on any atom is -0.391 e. The molecule has 5 aromatic rings. The van der Waals surface area contributed by atoms with E-state index < -0.39 is 0 Å². The van der Waals surface area contributed by atoms with E-state index in [2.05, 4.69) is 39.9 Å². The zero-order valence-corrected chi connectivity index (χ0v) is 18.2. The minimum absolute atomic E-state index is 0.101. The van der Waals surface area contributed by atoms with Crippen LogP contribution in [0.5, 0.6) is 0 Å². The highest BCUT2D eigenvalue weighted by Crippen LogP contribution is 2.30. The van der Waals surface area contributed by atoms with E-state index in [-0.39, 0.29) is 12.1 Å². The lowest BCUT2D eigenvalue weighted by Crippen LogP contribution is -2.36. The largest absolute Gasteiger partial charge is 0.391 e. The number of nitrogens with zero attached hydrogens (tertiary/aromatic N) is 6. The van der Waals surface area contributed by atoms with Gasteiger partial charge in [0.2, 0.25) is 0 Å². The SMILES string of the molecule is OC1CCCCC1Nc1nc2ccc(Cc3cn4ccc(-n5nccn5)cc4n3)cc2s1. The summed E-state index contributed by atoms with van der Waals surface area (Å²) in [5.74, 6) is 0. The Morgan fingerprint density at radius 2 is 1.94 bits per heavy atom. The Hall–Kier alpha value is -3.30. The van der Waals surface area contributed by atoms with Gasteiger partial charge in [-0.2, -0.15) is 15.0 Å². The summed E-state index contributed by atoms with van der Waals surface area (Å²) in [5, 5.41) is 22.9. The first-order chi connectivity index (χ1) is 15.7. The number of anilines is 1. The number of pyridine rings is 1. The van der Waals surface area contributed by atoms with E-state index in [1.54, 1.807) is 28.5 Å². The van der Waals surface area contributed by atoms with Gasteiger partial charge in [-0.15, -0.1) is 0 Å². The number of fused-ring (bicyclic) bond motifs is 2. The molecule has 4 aromatic heterocycles. The highest BCUT2D eigenvalue weighted by atomic mass is 32.1. The van der Waals surface area contributed by atoms with Crippen molar-refractivity contribution >= 4 is 32.3 Å². The third-order valence-electron chi connectivity index (χ3n) is 6.02. The molecule has 8 nitrogen and oxygen atoms in total. The van der Waals surface area contributed by atoms with Gasteiger partial charge in [0.1, 0.15) is 5.65 Å². The molecule has 0 spiro atoms. The van der Waals surface area contributed by atoms with Crippen LogP contribution in [-0.4, -0.2) is 46.6 Å². The molecule has 1 saturated carbocycles. The van der Waals surface area contributed by atoms with E-state index in [0.29, 0.717) is 0 Å². The second-order valence-electron chi connectivity index (χ2n) is 8.30. The molecule has 6 rings (SSSR count). The van der Waals surface area contributed by atoms with Gasteiger partial charge in [0, 0.05) is 24.9 Å². The first-order valence-electron chi connectivity index (χ1n) is 10.9. The number of thiazole rings is 1. The third-order valence-corrected chi connectivity index (χ3v) is 6.97. The predicted molar refractivity (Wildman–Crippen MR) is 124 cm³/mol. The molecule has 2 unspecified atom stereocenters. The zero-order chi connectivity index (χ0) is 21.5. The first kappa shape index (κ1) is 19.4. The second kappa shape index (κ2) is 7.99. The van der Waals surface area contributed by atoms with Gasteiger partial charge in [0.25, 0.3) is 0 Å². The van der Waals surface area contributed by atoms with Crippen LogP contribution in [0.1, 0.15) is 36.9 Å². The molecule has 1 aliphatic rings. The van der Waals surface area contributed by atoms with Gasteiger partial charge in [-0.05, 0) is 36.6 Å². The van der Waals surface area contributed by atoms with Crippen LogP contribution in [0.2, 0.25) is 0 Å². The number of rotatable bonds is 5. The molecule has 162 valence electrons. The van der Waals surface area contributed by atoms with Crippen molar-refractivity contribution in [1.82, 2.24) is 29.4 Å². The number of imidazole rings is 1. The van der Waals surface area contributed by atoms with Crippen LogP contribution in [0.3, 0.4) is 0 Å². The van der Waals surface area contributed by atoms with Crippen LogP contribution in [0.15, 0.2) is 55.1 Å². The monoisotopic (exact) mass is 445 g/mol. The molecule has 1 aliphatic carbocycles. The Morgan fingerprint density at radius 3 is 2.81 bits per heavy atom. The van der Waals surface area contributed by atoms with E-state index in [0.717, 1.165) is 64.5 Å². The summed E-state index contributed by atoms with van der Waals surface area (Å²) < 4.78 is 3.16. The number of hydrogen-bond acceptors (Lipinski definition) is 7. The fraction of sp³-hybridized carbons (Fsp3) is 0.304. The molecule has 0 aliphatic heterocycles. The van der Waals surface area contributed by atoms with Gasteiger partial charge >= 0.3 is 0 Å². The highest BCUT2D eigenvalue weighted by molar-refractivity contribution is 7.22. The van der Waals surface area contributed by atoms with Crippen LogP contribution >= 0.6 is 11.3 Å². The molecular weight excluding hydrogens is 422 g/mol. The van der Waals surface area contributed by atoms with Gasteiger partial charge < -0.3 is 14.8 Å². The fourth-order valence-electron chi connectivity index (χ4n) is 4.37. The summed E-state index contributed by atoms with van der Waals surface area (Å²) in [6, 6.07) is 10.4. The van der Waals surface area contributed by atoms with Gasteiger partial charge in [0.05, 0.1) is 46.1 Å². The van der Waals surface area contributed by atoms with Crippen LogP contribution in [0.4, 0.5) is 5.13 Å². The predicted octanol–water partition coefficient (Wildman–Crippen LogP) is 3.83. The van der Waals surface area contributed by atoms with Gasteiger partial charge in [-0.1, -0.05) is 30.2 Å². The van der Waals surface area contributed by atoms with Crippen molar-refractivity contribution in [3.8, 4) is 5.69 Å². The Labute approximate surface area is 188 Å². The molecule has 1 aromatic carbocycles. The molecule has 2 atom stereocenters. The molecule has 32 heavy (non-hydrogen) atoms. The van der Waals surface area contributed by atoms with E-state index >= 15 is 0 Å². The van der Waals surface area contributed by atoms with Crippen LogP contribution in [0, 0.1) is 0 Å². The number of nitrogens with one attached hydrogen (secondary N) is 1. The lowest BCUT2D eigenvalue weighted by molar-refractivity contribution is 0.116. The lowest BCUT2D eigenvalue weighted by Gasteiger charge is -2.27. The standard InChI is InChI=1S/C23H23N7OS/c31-20-4-2-1-3-18(20)27-23-28-19-6-5-15(12-21(19)32-23)11-16-14-29-10-7-17(13-22(29)26-16)30-24-8-9-25-30/h5-10,12-14,18,20,31H,1-4,11H2,(H,27,28). The summed E-state index contributed by atoms with van der Waals surface area (Å²) in [6.45, 7) is 0. The fourth-order valence-corrected chi connectivity index (χ4v) is 5.36. The third kappa shape index (κ3) is 3.74. The first-order valence-corrected chi connectivity index (χ1v) is 11.7. The molecular formula is C23H23N7OS. The second-order valence-corrected chi connectivity index (χ2v) is 9.33. The topological polar surface area (TPSA) is 93.2 Å². The molecule has 0 saturated heterocycles. The Bertz CT molecular complexity index is 1370. The van der Waals surface area contributed by atoms with E-state index in [9.17, 15) is 5.11 Å². The average Bonchev–Trinajstić information content (AvgIpc) is 3.53. The molecule has 0 amide bonds. The zero-order valence-electron chi connectivity index (χ0n) is 17.4. The van der Waals surface area contributed by atoms with Crippen molar-refractivity contribution in [2.75, 3.05) is 5.32 Å². The molecule has 2 N–H and O–H groups in total. The van der Waals surface area contributed by atoms with E-state index in [1.807, 2.05) is 22.7 Å². The highest BCUT2D eigenvalue weighted by Gasteiger charge is 2.23. The number of aliphatic hydroxyl groups is 1. The van der Waals surface area contributed by atoms with Gasteiger partial charge in [-0.3, -0.25) is 0 Å². The Kier molecular flexibility index (Phi) is 4.84. The van der Waals surface area contributed by atoms with Crippen molar-refractivity contribution in [1.29, 1.82) is 0 Å².